The number of carbonyl (C=O) groups is 1. The maximum absolute atomic E-state index is 10.5. The molecule has 0 saturated carbocycles. The number of hydrogen-bond acceptors (Lipinski definition) is 6. The van der Waals surface area contributed by atoms with E-state index in [1.807, 2.05) is 0 Å². The van der Waals surface area contributed by atoms with Crippen molar-refractivity contribution >= 4 is 34.2 Å². The summed E-state index contributed by atoms with van der Waals surface area (Å²) in [4.78, 5) is 12.8. The molecule has 1 fully saturated rings. The molecule has 2 heterocycles. The number of aromatic nitrogens is 2. The lowest BCUT2D eigenvalue weighted by Gasteiger charge is -2.21. The SMILES string of the molecule is CCC1CCCN1c1nnc(SCC(=O)O)s1. The Kier molecular flexibility index (Phi) is 4.22. The van der Waals surface area contributed by atoms with E-state index in [0.717, 1.165) is 22.4 Å². The minimum absolute atomic E-state index is 0.0475. The molecule has 0 bridgehead atoms. The summed E-state index contributed by atoms with van der Waals surface area (Å²) < 4.78 is 0.740. The van der Waals surface area contributed by atoms with Crippen LogP contribution in [0.2, 0.25) is 0 Å². The highest BCUT2D eigenvalue weighted by Gasteiger charge is 2.25. The zero-order valence-electron chi connectivity index (χ0n) is 9.63. The molecule has 1 aromatic heterocycles. The molecule has 7 heteroatoms. The van der Waals surface area contributed by atoms with Gasteiger partial charge in [-0.1, -0.05) is 30.0 Å². The zero-order valence-corrected chi connectivity index (χ0v) is 11.3. The van der Waals surface area contributed by atoms with Gasteiger partial charge in [0.25, 0.3) is 0 Å². The Morgan fingerprint density at radius 2 is 2.47 bits per heavy atom. The third kappa shape index (κ3) is 3.10. The molecule has 0 radical (unpaired) electrons. The monoisotopic (exact) mass is 273 g/mol. The van der Waals surface area contributed by atoms with Gasteiger partial charge in [0.05, 0.1) is 5.75 Å². The van der Waals surface area contributed by atoms with Crippen molar-refractivity contribution in [3.63, 3.8) is 0 Å². The van der Waals surface area contributed by atoms with Crippen molar-refractivity contribution in [2.45, 2.75) is 36.6 Å². The Bertz CT molecular complexity index is 397. The number of hydrogen-bond donors (Lipinski definition) is 1. The molecule has 2 rings (SSSR count). The standard InChI is InChI=1S/C10H15N3O2S2/c1-2-7-4-3-5-13(7)9-11-12-10(17-9)16-6-8(14)15/h7H,2-6H2,1H3,(H,14,15). The van der Waals surface area contributed by atoms with Gasteiger partial charge in [-0.05, 0) is 19.3 Å². The van der Waals surface area contributed by atoms with Crippen LogP contribution in [0.25, 0.3) is 0 Å². The van der Waals surface area contributed by atoms with Gasteiger partial charge < -0.3 is 10.0 Å². The highest BCUT2D eigenvalue weighted by atomic mass is 32.2. The first-order valence-electron chi connectivity index (χ1n) is 5.65. The molecule has 5 nitrogen and oxygen atoms in total. The van der Waals surface area contributed by atoms with Crippen LogP contribution in [0.1, 0.15) is 26.2 Å². The van der Waals surface area contributed by atoms with E-state index in [0.29, 0.717) is 6.04 Å². The van der Waals surface area contributed by atoms with Gasteiger partial charge in [-0.15, -0.1) is 10.2 Å². The molecular weight excluding hydrogens is 258 g/mol. The summed E-state index contributed by atoms with van der Waals surface area (Å²) in [5.74, 6) is -0.773. The van der Waals surface area contributed by atoms with E-state index in [9.17, 15) is 4.79 Å². The number of carboxylic acid groups (broad SMARTS) is 1. The van der Waals surface area contributed by atoms with Crippen LogP contribution in [0, 0.1) is 0 Å². The van der Waals surface area contributed by atoms with E-state index in [1.165, 1.54) is 35.9 Å². The number of nitrogens with zero attached hydrogens (tertiary/aromatic N) is 3. The fourth-order valence-corrected chi connectivity index (χ4v) is 3.67. The van der Waals surface area contributed by atoms with E-state index in [2.05, 4.69) is 22.0 Å². The van der Waals surface area contributed by atoms with Gasteiger partial charge in [0.2, 0.25) is 5.13 Å². The average Bonchev–Trinajstić information content (AvgIpc) is 2.94. The fourth-order valence-electron chi connectivity index (χ4n) is 2.01. The van der Waals surface area contributed by atoms with E-state index < -0.39 is 5.97 Å². The number of carboxylic acids is 1. The molecule has 1 N–H and O–H groups in total. The van der Waals surface area contributed by atoms with Gasteiger partial charge in [0.15, 0.2) is 4.34 Å². The Hall–Kier alpha value is -0.820. The van der Waals surface area contributed by atoms with Crippen molar-refractivity contribution in [1.29, 1.82) is 0 Å². The molecule has 17 heavy (non-hydrogen) atoms. The molecule has 1 aliphatic rings. The number of anilines is 1. The molecule has 0 amide bonds. The first-order valence-corrected chi connectivity index (χ1v) is 7.45. The summed E-state index contributed by atoms with van der Waals surface area (Å²) in [5.41, 5.74) is 0. The van der Waals surface area contributed by atoms with Crippen molar-refractivity contribution < 1.29 is 9.90 Å². The lowest BCUT2D eigenvalue weighted by molar-refractivity contribution is -0.133. The quantitative estimate of drug-likeness (QED) is 0.829. The average molecular weight is 273 g/mol. The van der Waals surface area contributed by atoms with E-state index in [1.54, 1.807) is 0 Å². The molecular formula is C10H15N3O2S2. The van der Waals surface area contributed by atoms with Crippen LogP contribution in [-0.2, 0) is 4.79 Å². The summed E-state index contributed by atoms with van der Waals surface area (Å²) in [6, 6.07) is 0.570. The van der Waals surface area contributed by atoms with Crippen LogP contribution < -0.4 is 4.90 Å². The molecule has 1 saturated heterocycles. The summed E-state index contributed by atoms with van der Waals surface area (Å²) in [5, 5.41) is 17.7. The van der Waals surface area contributed by atoms with Gasteiger partial charge in [-0.2, -0.15) is 0 Å². The lowest BCUT2D eigenvalue weighted by Crippen LogP contribution is -2.28. The van der Waals surface area contributed by atoms with E-state index >= 15 is 0 Å². The predicted octanol–water partition coefficient (Wildman–Crippen LogP) is 2.09. The van der Waals surface area contributed by atoms with Gasteiger partial charge in [-0.25, -0.2) is 0 Å². The van der Waals surface area contributed by atoms with Crippen LogP contribution in [0.15, 0.2) is 4.34 Å². The molecule has 94 valence electrons. The van der Waals surface area contributed by atoms with Crippen LogP contribution >= 0.6 is 23.1 Å². The molecule has 1 aromatic rings. The minimum atomic E-state index is -0.820. The van der Waals surface area contributed by atoms with Gasteiger partial charge in [-0.3, -0.25) is 4.79 Å². The lowest BCUT2D eigenvalue weighted by atomic mass is 10.2. The van der Waals surface area contributed by atoms with Crippen LogP contribution in [-0.4, -0.2) is 39.6 Å². The Morgan fingerprint density at radius 1 is 1.65 bits per heavy atom. The first-order chi connectivity index (χ1) is 8.20. The molecule has 1 aliphatic heterocycles. The second-order valence-corrected chi connectivity index (χ2v) is 6.11. The van der Waals surface area contributed by atoms with Gasteiger partial charge in [0.1, 0.15) is 0 Å². The number of rotatable bonds is 5. The summed E-state index contributed by atoms with van der Waals surface area (Å²) in [6.07, 6.45) is 3.54. The largest absolute Gasteiger partial charge is 0.481 e. The van der Waals surface area contributed by atoms with Crippen LogP contribution in [0.3, 0.4) is 0 Å². The molecule has 0 aliphatic carbocycles. The Morgan fingerprint density at radius 3 is 3.18 bits per heavy atom. The Balaban J connectivity index is 1.99. The van der Waals surface area contributed by atoms with E-state index in [4.69, 9.17) is 5.11 Å². The Labute approximate surface area is 108 Å². The fraction of sp³-hybridized carbons (Fsp3) is 0.700. The maximum Gasteiger partial charge on any atom is 0.313 e. The third-order valence-corrected chi connectivity index (χ3v) is 4.89. The second kappa shape index (κ2) is 5.68. The van der Waals surface area contributed by atoms with Crippen LogP contribution in [0.4, 0.5) is 5.13 Å². The predicted molar refractivity (Wildman–Crippen MR) is 68.9 cm³/mol. The molecule has 0 aromatic carbocycles. The normalized spacial score (nSPS) is 19.8. The molecule has 1 unspecified atom stereocenters. The van der Waals surface area contributed by atoms with Crippen molar-refractivity contribution in [1.82, 2.24) is 10.2 Å². The van der Waals surface area contributed by atoms with Crippen molar-refractivity contribution in [3.8, 4) is 0 Å². The van der Waals surface area contributed by atoms with Gasteiger partial charge in [0, 0.05) is 12.6 Å². The van der Waals surface area contributed by atoms with Crippen molar-refractivity contribution in [2.24, 2.45) is 0 Å². The summed E-state index contributed by atoms with van der Waals surface area (Å²) in [7, 11) is 0. The van der Waals surface area contributed by atoms with Crippen LogP contribution in [0.5, 0.6) is 0 Å². The minimum Gasteiger partial charge on any atom is -0.481 e. The zero-order chi connectivity index (χ0) is 12.3. The maximum atomic E-state index is 10.5. The third-order valence-electron chi connectivity index (χ3n) is 2.81. The van der Waals surface area contributed by atoms with Crippen molar-refractivity contribution in [2.75, 3.05) is 17.2 Å². The van der Waals surface area contributed by atoms with Gasteiger partial charge >= 0.3 is 5.97 Å². The van der Waals surface area contributed by atoms with E-state index in [-0.39, 0.29) is 5.75 Å². The second-order valence-electron chi connectivity index (χ2n) is 3.93. The topological polar surface area (TPSA) is 66.3 Å². The highest BCUT2D eigenvalue weighted by Crippen LogP contribution is 2.33. The number of thioether (sulfide) groups is 1. The highest BCUT2D eigenvalue weighted by molar-refractivity contribution is 8.01. The first kappa shape index (κ1) is 12.6. The molecule has 0 spiro atoms. The smallest absolute Gasteiger partial charge is 0.313 e. The molecule has 1 atom stereocenters. The summed E-state index contributed by atoms with van der Waals surface area (Å²) >= 11 is 2.73. The summed E-state index contributed by atoms with van der Waals surface area (Å²) in [6.45, 7) is 3.22. The van der Waals surface area contributed by atoms with Crippen molar-refractivity contribution in [3.05, 3.63) is 0 Å². The number of aliphatic carboxylic acids is 1.